The van der Waals surface area contributed by atoms with Gasteiger partial charge in [0.2, 0.25) is 0 Å². The van der Waals surface area contributed by atoms with Crippen molar-refractivity contribution >= 4 is 56.3 Å². The number of rotatable bonds is 2. The molecule has 0 radical (unpaired) electrons. The van der Waals surface area contributed by atoms with E-state index < -0.39 is 5.91 Å². The van der Waals surface area contributed by atoms with Crippen LogP contribution < -0.4 is 11.5 Å². The molecule has 1 aliphatic rings. The van der Waals surface area contributed by atoms with Gasteiger partial charge in [-0.2, -0.15) is 0 Å². The number of carbonyl (C=O) groups is 1. The summed E-state index contributed by atoms with van der Waals surface area (Å²) in [5, 5.41) is 1.79. The van der Waals surface area contributed by atoms with Crippen molar-refractivity contribution < 1.29 is 4.79 Å². The van der Waals surface area contributed by atoms with Crippen LogP contribution in [0.4, 0.5) is 5.69 Å². The van der Waals surface area contributed by atoms with Gasteiger partial charge in [-0.25, -0.2) is 4.98 Å². The van der Waals surface area contributed by atoms with Gasteiger partial charge in [-0.15, -0.1) is 11.3 Å². The van der Waals surface area contributed by atoms with Crippen LogP contribution >= 0.6 is 34.5 Å². The quantitative estimate of drug-likeness (QED) is 0.565. The Labute approximate surface area is 171 Å². The number of fused-ring (bicyclic) bond motifs is 2. The van der Waals surface area contributed by atoms with Crippen LogP contribution in [-0.4, -0.2) is 10.9 Å². The molecule has 0 atom stereocenters. The molecule has 0 spiro atoms. The van der Waals surface area contributed by atoms with Crippen molar-refractivity contribution in [2.24, 2.45) is 5.73 Å². The van der Waals surface area contributed by atoms with Gasteiger partial charge >= 0.3 is 0 Å². The number of aryl methyl sites for hydroxylation is 1. The van der Waals surface area contributed by atoms with Gasteiger partial charge in [0.15, 0.2) is 0 Å². The van der Waals surface area contributed by atoms with E-state index in [9.17, 15) is 4.79 Å². The highest BCUT2D eigenvalue weighted by atomic mass is 35.5. The zero-order chi connectivity index (χ0) is 19.1. The Bertz CT molecular complexity index is 1060. The highest BCUT2D eigenvalue weighted by Gasteiger charge is 2.24. The number of pyridine rings is 1. The normalized spacial score (nSPS) is 14.6. The lowest BCUT2D eigenvalue weighted by molar-refractivity contribution is 0.100. The van der Waals surface area contributed by atoms with Crippen molar-refractivity contribution in [3.8, 4) is 11.1 Å². The molecular formula is C20H19Cl2N3OS. The van der Waals surface area contributed by atoms with E-state index in [-0.39, 0.29) is 0 Å². The fraction of sp³-hybridized carbons (Fsp3) is 0.300. The summed E-state index contributed by atoms with van der Waals surface area (Å²) in [6.07, 6.45) is 6.46. The topological polar surface area (TPSA) is 82.0 Å². The Kier molecular flexibility index (Phi) is 5.01. The van der Waals surface area contributed by atoms with Gasteiger partial charge in [-0.05, 0) is 54.5 Å². The predicted octanol–water partition coefficient (Wildman–Crippen LogP) is 5.61. The minimum absolute atomic E-state index is 0.358. The summed E-state index contributed by atoms with van der Waals surface area (Å²) in [6.45, 7) is 0. The molecule has 7 heteroatoms. The number of aromatic nitrogens is 1. The van der Waals surface area contributed by atoms with E-state index in [0.29, 0.717) is 20.6 Å². The fourth-order valence-electron chi connectivity index (χ4n) is 3.81. The van der Waals surface area contributed by atoms with E-state index in [1.807, 2.05) is 12.1 Å². The summed E-state index contributed by atoms with van der Waals surface area (Å²) >= 11 is 13.7. The number of thiophene rings is 1. The molecule has 4 nitrogen and oxygen atoms in total. The second-order valence-corrected chi connectivity index (χ2v) is 8.66. The Hall–Kier alpha value is -1.82. The van der Waals surface area contributed by atoms with Crippen molar-refractivity contribution in [1.82, 2.24) is 4.98 Å². The number of nitrogen functional groups attached to an aromatic ring is 1. The summed E-state index contributed by atoms with van der Waals surface area (Å²) in [4.78, 5) is 17.8. The Balaban J connectivity index is 2.09. The highest BCUT2D eigenvalue weighted by molar-refractivity contribution is 7.21. The molecule has 0 fully saturated rings. The maximum atomic E-state index is 11.9. The van der Waals surface area contributed by atoms with E-state index in [1.54, 1.807) is 6.07 Å². The lowest BCUT2D eigenvalue weighted by Crippen LogP contribution is -2.10. The monoisotopic (exact) mass is 419 g/mol. The molecule has 4 N–H and O–H groups in total. The third kappa shape index (κ3) is 3.28. The number of hydrogen-bond acceptors (Lipinski definition) is 4. The number of benzene rings is 1. The molecule has 0 saturated heterocycles. The van der Waals surface area contributed by atoms with E-state index in [2.05, 4.69) is 0 Å². The lowest BCUT2D eigenvalue weighted by Gasteiger charge is -2.19. The van der Waals surface area contributed by atoms with Crippen LogP contribution in [0.1, 0.15) is 46.6 Å². The number of hydrogen-bond donors (Lipinski definition) is 2. The number of primary amides is 1. The first-order valence-corrected chi connectivity index (χ1v) is 10.5. The highest BCUT2D eigenvalue weighted by Crippen LogP contribution is 2.44. The Morgan fingerprint density at radius 2 is 1.81 bits per heavy atom. The van der Waals surface area contributed by atoms with Gasteiger partial charge in [0.05, 0.1) is 15.7 Å². The molecule has 27 heavy (non-hydrogen) atoms. The molecule has 1 aliphatic carbocycles. The second-order valence-electron chi connectivity index (χ2n) is 6.84. The van der Waals surface area contributed by atoms with Crippen molar-refractivity contribution in [3.05, 3.63) is 44.4 Å². The van der Waals surface area contributed by atoms with Gasteiger partial charge in [0.25, 0.3) is 5.91 Å². The largest absolute Gasteiger partial charge is 0.397 e. The van der Waals surface area contributed by atoms with Crippen molar-refractivity contribution in [3.63, 3.8) is 0 Å². The Morgan fingerprint density at radius 1 is 1.07 bits per heavy atom. The predicted molar refractivity (Wildman–Crippen MR) is 114 cm³/mol. The van der Waals surface area contributed by atoms with Gasteiger partial charge < -0.3 is 11.5 Å². The van der Waals surface area contributed by atoms with Crippen molar-refractivity contribution in [1.29, 1.82) is 0 Å². The summed E-state index contributed by atoms with van der Waals surface area (Å²) in [7, 11) is 0. The van der Waals surface area contributed by atoms with Crippen LogP contribution in [0.3, 0.4) is 0 Å². The number of anilines is 1. The van der Waals surface area contributed by atoms with Gasteiger partial charge in [0, 0.05) is 11.1 Å². The third-order valence-corrected chi connectivity index (χ3v) is 6.94. The van der Waals surface area contributed by atoms with Crippen LogP contribution in [0, 0.1) is 0 Å². The first kappa shape index (κ1) is 18.5. The number of carbonyl (C=O) groups excluding carboxylic acids is 1. The number of nitrogens with zero attached hydrogens (tertiary/aromatic N) is 1. The average Bonchev–Trinajstić information content (AvgIpc) is 2.94. The molecule has 0 saturated carbocycles. The minimum atomic E-state index is -0.525. The fourth-order valence-corrected chi connectivity index (χ4v) is 5.09. The first-order valence-electron chi connectivity index (χ1n) is 8.96. The Morgan fingerprint density at radius 3 is 2.52 bits per heavy atom. The van der Waals surface area contributed by atoms with Gasteiger partial charge in [0.1, 0.15) is 9.71 Å². The molecule has 0 aliphatic heterocycles. The third-order valence-electron chi connectivity index (χ3n) is 5.09. The average molecular weight is 420 g/mol. The molecule has 0 bridgehead atoms. The maximum Gasteiger partial charge on any atom is 0.260 e. The lowest BCUT2D eigenvalue weighted by atomic mass is 9.88. The van der Waals surface area contributed by atoms with E-state index in [0.717, 1.165) is 52.7 Å². The number of halogens is 2. The molecule has 1 amide bonds. The van der Waals surface area contributed by atoms with E-state index in [4.69, 9.17) is 39.7 Å². The van der Waals surface area contributed by atoms with Gasteiger partial charge in [-0.3, -0.25) is 4.79 Å². The van der Waals surface area contributed by atoms with Crippen molar-refractivity contribution in [2.75, 3.05) is 5.73 Å². The number of nitrogens with two attached hydrogens (primary N) is 2. The zero-order valence-electron chi connectivity index (χ0n) is 14.6. The summed E-state index contributed by atoms with van der Waals surface area (Å²) in [5.41, 5.74) is 16.5. The zero-order valence-corrected chi connectivity index (χ0v) is 17.0. The van der Waals surface area contributed by atoms with Crippen molar-refractivity contribution in [2.45, 2.75) is 38.5 Å². The van der Waals surface area contributed by atoms with Crippen LogP contribution in [0.25, 0.3) is 21.3 Å². The molecular weight excluding hydrogens is 401 g/mol. The van der Waals surface area contributed by atoms with Crippen LogP contribution in [0.15, 0.2) is 18.2 Å². The van der Waals surface area contributed by atoms with Crippen LogP contribution in [-0.2, 0) is 12.8 Å². The van der Waals surface area contributed by atoms with Crippen LogP contribution in [0.5, 0.6) is 0 Å². The maximum absolute atomic E-state index is 11.9. The van der Waals surface area contributed by atoms with E-state index in [1.165, 1.54) is 29.7 Å². The molecule has 4 rings (SSSR count). The number of amides is 1. The first-order chi connectivity index (χ1) is 13.0. The smallest absolute Gasteiger partial charge is 0.260 e. The molecule has 2 aromatic heterocycles. The molecule has 0 unspecified atom stereocenters. The molecule has 2 heterocycles. The summed E-state index contributed by atoms with van der Waals surface area (Å²) in [5.74, 6) is -0.525. The van der Waals surface area contributed by atoms with Gasteiger partial charge in [-0.1, -0.05) is 42.1 Å². The molecule has 1 aromatic carbocycles. The van der Waals surface area contributed by atoms with E-state index >= 15 is 0 Å². The minimum Gasteiger partial charge on any atom is -0.397 e. The summed E-state index contributed by atoms with van der Waals surface area (Å²) in [6, 6.07) is 5.60. The van der Waals surface area contributed by atoms with Crippen LogP contribution in [0.2, 0.25) is 10.0 Å². The molecule has 140 valence electrons. The SMILES string of the molecule is NC(=O)c1sc2nc3c(c(-c4ccc(Cl)c(Cl)c4)c2c1N)CCCCCC3. The second kappa shape index (κ2) is 7.30. The standard InChI is InChI=1S/C20H19Cl2N3OS/c21-12-8-7-10(9-13(12)22)15-11-5-3-1-2-4-6-14(11)25-20-16(15)17(23)18(27-20)19(24)26/h7-9H,1-6,23H2,(H2,24,26). The summed E-state index contributed by atoms with van der Waals surface area (Å²) < 4.78 is 0. The molecule has 3 aromatic rings.